The van der Waals surface area contributed by atoms with E-state index in [1.165, 1.54) is 25.7 Å². The van der Waals surface area contributed by atoms with Crippen LogP contribution in [0.1, 0.15) is 115 Å². The molecule has 6 amide bonds. The first kappa shape index (κ1) is 59.1. The van der Waals surface area contributed by atoms with Gasteiger partial charge in [0.15, 0.2) is 41.2 Å². The van der Waals surface area contributed by atoms with E-state index in [1.54, 1.807) is 18.2 Å². The number of phenols is 2. The molecule has 4 aliphatic heterocycles. The van der Waals surface area contributed by atoms with Gasteiger partial charge in [-0.3, -0.25) is 43.6 Å². The van der Waals surface area contributed by atoms with Crippen molar-refractivity contribution < 1.29 is 58.7 Å². The molecule has 2 saturated carbocycles. The summed E-state index contributed by atoms with van der Waals surface area (Å²) in [4.78, 5) is 92.5. The highest BCUT2D eigenvalue weighted by Crippen LogP contribution is 2.71. The zero-order valence-corrected chi connectivity index (χ0v) is 51.5. The minimum Gasteiger partial charge on any atom is -0.504 e. The average Bonchev–Trinajstić information content (AvgIpc) is 1.57. The van der Waals surface area contributed by atoms with Crippen LogP contribution >= 0.6 is 0 Å². The van der Waals surface area contributed by atoms with Gasteiger partial charge in [0.2, 0.25) is 35.4 Å². The largest absolute Gasteiger partial charge is 0.504 e. The number of carbonyl (C=O) groups is 6. The number of rotatable bonds is 21. The van der Waals surface area contributed by atoms with Crippen LogP contribution in [0.2, 0.25) is 0 Å². The van der Waals surface area contributed by atoms with Gasteiger partial charge in [0.25, 0.3) is 0 Å². The lowest BCUT2D eigenvalue weighted by molar-refractivity contribution is -0.173. The molecule has 4 unspecified atom stereocenters. The summed E-state index contributed by atoms with van der Waals surface area (Å²) in [6.07, 6.45) is 7.26. The van der Waals surface area contributed by atoms with E-state index in [4.69, 9.17) is 15.2 Å². The van der Waals surface area contributed by atoms with Gasteiger partial charge >= 0.3 is 0 Å². The Kier molecular flexibility index (Phi) is 14.1. The van der Waals surface area contributed by atoms with Crippen molar-refractivity contribution in [3.63, 3.8) is 0 Å². The van der Waals surface area contributed by atoms with Crippen molar-refractivity contribution in [1.29, 1.82) is 0 Å². The summed E-state index contributed by atoms with van der Waals surface area (Å²) in [5.74, 6) is -0.810. The van der Waals surface area contributed by atoms with Crippen LogP contribution in [-0.2, 0) is 65.3 Å². The molecule has 2 spiro atoms. The van der Waals surface area contributed by atoms with Crippen LogP contribution < -0.4 is 52.4 Å². The summed E-state index contributed by atoms with van der Waals surface area (Å²) in [6.45, 7) is 2.56. The number of aromatic amines is 2. The van der Waals surface area contributed by atoms with E-state index in [1.807, 2.05) is 42.5 Å². The van der Waals surface area contributed by atoms with E-state index < -0.39 is 82.8 Å². The Balaban J connectivity index is 0.443. The maximum atomic E-state index is 13.2. The number of carbonyl (C=O) groups excluding carboxylic acids is 6. The minimum atomic E-state index is -1.18. The van der Waals surface area contributed by atoms with Crippen LogP contribution in [0.5, 0.6) is 23.0 Å². The smallest absolute Gasteiger partial charge is 0.243 e. The van der Waals surface area contributed by atoms with Crippen LogP contribution in [0, 0.1) is 11.8 Å². The van der Waals surface area contributed by atoms with E-state index in [0.717, 1.165) is 99.2 Å². The molecule has 4 fully saturated rings. The molecule has 6 heterocycles. The standard InChI is InChI=1S/C68H77N13O12/c69-64(77-39-9-11-45-41(25-39)43-27-68(91)49-23-37-7-13-47(83)61-57(37)66(68,63(93-61)59(43)79-45)17-21-81(49)33-35-4-5-35)71-19-1-18-70-52(86)28-74-53(87)29-72-50(84)14-15-51(85)73-30-54(88)75-31-55(89)76-38-8-10-44-40(24-38)42-26-67(90)48-22-36-6-12-46(82)60-56(36)65(67,62(92-60)58(42)78-44)16-20-80(48)32-34-2-3-34/h6-13,24-25,34-35,48-49,62-63,78-79,82-83,90-91H,1-5,14-23,26-33H2,(H,70,86)(H,72,84)(H,73,85)(H,74,87)(H,75,88)(H,76,89)(H3,69,71,77)/t48?,49?,62-,63-,65?,66?,67+,68+/m1/s1. The molecule has 4 bridgehead atoms. The maximum Gasteiger partial charge on any atom is 0.243 e. The summed E-state index contributed by atoms with van der Waals surface area (Å²) in [6, 6.07) is 18.5. The van der Waals surface area contributed by atoms with Crippen LogP contribution in [0.25, 0.3) is 21.8 Å². The fourth-order valence-electron chi connectivity index (χ4n) is 17.6. The highest BCUT2D eigenvalue weighted by atomic mass is 16.5. The molecule has 486 valence electrons. The molecule has 2 aromatic heterocycles. The third-order valence-electron chi connectivity index (χ3n) is 22.2. The summed E-state index contributed by atoms with van der Waals surface area (Å²) in [5.41, 5.74) is 13.3. The Morgan fingerprint density at radius 2 is 1.03 bits per heavy atom. The number of aliphatic hydroxyl groups is 2. The number of guanidine groups is 1. The lowest BCUT2D eigenvalue weighted by atomic mass is 9.49. The number of anilines is 2. The third-order valence-corrected chi connectivity index (χ3v) is 22.2. The lowest BCUT2D eigenvalue weighted by Crippen LogP contribution is -2.74. The number of ether oxygens (including phenoxy) is 2. The zero-order valence-electron chi connectivity index (χ0n) is 51.5. The summed E-state index contributed by atoms with van der Waals surface area (Å²) >= 11 is 0. The molecule has 10 aliphatic rings. The lowest BCUT2D eigenvalue weighted by Gasteiger charge is -2.62. The highest BCUT2D eigenvalue weighted by Gasteiger charge is 2.74. The van der Waals surface area contributed by atoms with Crippen LogP contribution in [0.4, 0.5) is 11.4 Å². The van der Waals surface area contributed by atoms with E-state index in [9.17, 15) is 49.2 Å². The van der Waals surface area contributed by atoms with Crippen molar-refractivity contribution in [2.75, 3.05) is 76.1 Å². The fourth-order valence-corrected chi connectivity index (χ4v) is 17.6. The van der Waals surface area contributed by atoms with Crippen LogP contribution in [-0.4, -0.2) is 170 Å². The molecule has 2 saturated heterocycles. The van der Waals surface area contributed by atoms with Gasteiger partial charge in [-0.1, -0.05) is 12.1 Å². The number of H-pyrrole nitrogens is 2. The number of nitrogens with one attached hydrogen (secondary N) is 9. The first-order valence-corrected chi connectivity index (χ1v) is 32.9. The number of hydrogen-bond acceptors (Lipinski definition) is 15. The van der Waals surface area contributed by atoms with Gasteiger partial charge in [0.05, 0.1) is 59.6 Å². The normalized spacial score (nSPS) is 27.2. The number of nitrogens with two attached hydrogens (primary N) is 1. The van der Waals surface area contributed by atoms with Crippen molar-refractivity contribution in [3.05, 3.63) is 105 Å². The number of phenolic OH excluding ortho intramolecular Hbond substituents is 2. The second-order valence-electron chi connectivity index (χ2n) is 27.7. The van der Waals surface area contributed by atoms with Gasteiger partial charge in [-0.25, -0.2) is 0 Å². The van der Waals surface area contributed by atoms with Crippen molar-refractivity contribution >= 4 is 74.6 Å². The Labute approximate surface area is 534 Å². The third kappa shape index (κ3) is 9.64. The number of amides is 6. The van der Waals surface area contributed by atoms with Gasteiger partial charge < -0.3 is 82.8 Å². The number of nitrogens with zero attached hydrogens (tertiary/aromatic N) is 3. The number of aromatic hydroxyl groups is 2. The number of likely N-dealkylation sites (tertiary alicyclic amines) is 2. The molecule has 6 aromatic rings. The van der Waals surface area contributed by atoms with Crippen molar-refractivity contribution in [1.82, 2.24) is 46.4 Å². The van der Waals surface area contributed by atoms with E-state index in [-0.39, 0.29) is 62.0 Å². The Morgan fingerprint density at radius 1 is 0.581 bits per heavy atom. The number of fused-ring (bicyclic) bond motifs is 8. The monoisotopic (exact) mass is 1270 g/mol. The summed E-state index contributed by atoms with van der Waals surface area (Å²) < 4.78 is 13.4. The maximum absolute atomic E-state index is 13.2. The Bertz CT molecular complexity index is 4200. The molecule has 15 N–H and O–H groups in total. The number of aromatic nitrogens is 2. The SMILES string of the molecule is NC(=NCCCNC(=O)CNC(=O)CNC(=O)CCC(=O)NCC(=O)NCC(=O)Nc1ccc2[nH]c3c(c2c1)C[C@]1(O)C2Cc4ccc(O)c5c4C1(CCN2CC1CC1)[C@@H]3O5)Nc1ccc2[nH]c3c(c2c1)C[C@]1(O)C2Cc4ccc(O)c5c4C1(CCN2CC1CC1)[C@@H]3O5. The van der Waals surface area contributed by atoms with E-state index in [2.05, 4.69) is 62.0 Å². The zero-order chi connectivity index (χ0) is 63.9. The average molecular weight is 1270 g/mol. The molecule has 6 aliphatic carbocycles. The molecule has 93 heavy (non-hydrogen) atoms. The van der Waals surface area contributed by atoms with Gasteiger partial charge in [0, 0.05) is 108 Å². The molecule has 4 aromatic carbocycles. The number of benzene rings is 4. The molecule has 8 atom stereocenters. The predicted molar refractivity (Wildman–Crippen MR) is 341 cm³/mol. The molecule has 0 radical (unpaired) electrons. The number of hydrogen-bond donors (Lipinski definition) is 14. The summed E-state index contributed by atoms with van der Waals surface area (Å²) in [7, 11) is 0. The van der Waals surface area contributed by atoms with Crippen LogP contribution in [0.3, 0.4) is 0 Å². The van der Waals surface area contributed by atoms with Gasteiger partial charge in [0.1, 0.15) is 0 Å². The predicted octanol–water partition coefficient (Wildman–Crippen LogP) is 2.58. The fraction of sp³-hybridized carbons (Fsp3) is 0.485. The van der Waals surface area contributed by atoms with Crippen molar-refractivity contribution in [3.8, 4) is 23.0 Å². The van der Waals surface area contributed by atoms with E-state index >= 15 is 0 Å². The van der Waals surface area contributed by atoms with Crippen molar-refractivity contribution in [2.24, 2.45) is 22.6 Å². The summed E-state index contributed by atoms with van der Waals surface area (Å²) in [5, 5.41) is 68.9. The topological polar surface area (TPSA) is 362 Å². The highest BCUT2D eigenvalue weighted by molar-refractivity contribution is 5.99. The molecular weight excluding hydrogens is 1190 g/mol. The van der Waals surface area contributed by atoms with Crippen molar-refractivity contribution in [2.45, 2.75) is 130 Å². The van der Waals surface area contributed by atoms with Gasteiger partial charge in [-0.05, 0) is 153 Å². The quantitative estimate of drug-likeness (QED) is 0.0280. The first-order chi connectivity index (χ1) is 44.9. The van der Waals surface area contributed by atoms with Gasteiger partial charge in [-0.2, -0.15) is 0 Å². The second kappa shape index (κ2) is 22.1. The molecule has 25 nitrogen and oxygen atoms in total. The van der Waals surface area contributed by atoms with E-state index in [0.29, 0.717) is 79.8 Å². The minimum absolute atomic E-state index is 0.0665. The number of piperidine rings is 2. The Morgan fingerprint density at radius 3 is 1.52 bits per heavy atom. The van der Waals surface area contributed by atoms with Crippen LogP contribution in [0.15, 0.2) is 65.7 Å². The molecule has 25 heteroatoms. The number of aliphatic imine (C=N–C) groups is 1. The molecular formula is C68H77N13O12. The Hall–Kier alpha value is -8.91. The molecule has 16 rings (SSSR count). The second-order valence-corrected chi connectivity index (χ2v) is 27.7. The first-order valence-electron chi connectivity index (χ1n) is 32.9. The van der Waals surface area contributed by atoms with Gasteiger partial charge in [-0.15, -0.1) is 0 Å².